The molecule has 3 aromatic carbocycles. The minimum absolute atomic E-state index is 0.0566. The van der Waals surface area contributed by atoms with Gasteiger partial charge in [-0.05, 0) is 103 Å². The summed E-state index contributed by atoms with van der Waals surface area (Å²) in [7, 11) is 0. The molecular weight excluding hydrogens is 482 g/mol. The Bertz CT molecular complexity index is 1200. The Balaban J connectivity index is 1.82. The Kier molecular flexibility index (Phi) is 9.56. The number of carbonyl (C=O) groups is 2. The van der Waals surface area contributed by atoms with Crippen molar-refractivity contribution in [2.45, 2.75) is 66.9 Å². The normalized spacial score (nSPS) is 12.2. The summed E-state index contributed by atoms with van der Waals surface area (Å²) in [6.07, 6.45) is 2.03. The molecule has 1 N–H and O–H groups in total. The fourth-order valence-electron chi connectivity index (χ4n) is 4.39. The predicted octanol–water partition coefficient (Wildman–Crippen LogP) is 8.28. The number of halogens is 1. The van der Waals surface area contributed by atoms with Crippen molar-refractivity contribution in [3.63, 3.8) is 0 Å². The van der Waals surface area contributed by atoms with Crippen molar-refractivity contribution in [1.82, 2.24) is 5.32 Å². The van der Waals surface area contributed by atoms with Gasteiger partial charge in [-0.1, -0.05) is 56.6 Å². The van der Waals surface area contributed by atoms with E-state index in [1.54, 1.807) is 0 Å². The van der Waals surface area contributed by atoms with Gasteiger partial charge in [-0.2, -0.15) is 0 Å². The lowest BCUT2D eigenvalue weighted by molar-refractivity contribution is -0.116. The summed E-state index contributed by atoms with van der Waals surface area (Å²) in [5.41, 5.74) is 6.38. The van der Waals surface area contributed by atoms with Gasteiger partial charge in [0.05, 0.1) is 0 Å². The van der Waals surface area contributed by atoms with Gasteiger partial charge in [0.25, 0.3) is 5.91 Å². The number of carbonyl (C=O) groups excluding carboxylic acids is 2. The molecule has 0 aliphatic rings. The van der Waals surface area contributed by atoms with Gasteiger partial charge in [0.1, 0.15) is 17.6 Å². The van der Waals surface area contributed by atoms with Crippen molar-refractivity contribution in [3.8, 4) is 16.9 Å². The maximum Gasteiger partial charge on any atom is 0.251 e. The van der Waals surface area contributed by atoms with E-state index in [1.807, 2.05) is 48.5 Å². The third kappa shape index (κ3) is 8.46. The van der Waals surface area contributed by atoms with Gasteiger partial charge in [0.2, 0.25) is 0 Å². The van der Waals surface area contributed by atoms with Crippen LogP contribution in [-0.2, 0) is 4.79 Å². The van der Waals surface area contributed by atoms with Gasteiger partial charge in [0.15, 0.2) is 0 Å². The molecule has 37 heavy (non-hydrogen) atoms. The summed E-state index contributed by atoms with van der Waals surface area (Å²) < 4.78 is 6.60. The number of Topliss-reactive ketones (excluding diaryl/α,β-unsaturated/α-hetero) is 1. The first-order valence-corrected chi connectivity index (χ1v) is 13.2. The van der Waals surface area contributed by atoms with E-state index >= 15 is 0 Å². The summed E-state index contributed by atoms with van der Waals surface area (Å²) in [5.74, 6) is 0.711. The second-order valence-corrected chi connectivity index (χ2v) is 11.4. The van der Waals surface area contributed by atoms with Crippen LogP contribution < -0.4 is 10.1 Å². The Morgan fingerprint density at radius 3 is 2.08 bits per heavy atom. The summed E-state index contributed by atoms with van der Waals surface area (Å²) in [4.78, 5) is 23.6. The lowest BCUT2D eigenvalue weighted by atomic mass is 9.88. The van der Waals surface area contributed by atoms with Crippen LogP contribution in [0.1, 0.15) is 80.1 Å². The van der Waals surface area contributed by atoms with Crippen molar-refractivity contribution in [2.24, 2.45) is 5.41 Å². The number of amides is 1. The molecule has 0 saturated heterocycles. The topological polar surface area (TPSA) is 55.4 Å². The third-order valence-electron chi connectivity index (χ3n) is 6.38. The smallest absolute Gasteiger partial charge is 0.251 e. The standard InChI is InChI=1S/C32H38ClNO3/c1-21-19-28(20-22(2)30(21)25-11-13-27(33)14-12-25)37-29(15-17-32(4,5)6)24-7-9-26(10-8-24)31(36)34-18-16-23(3)35/h7-14,19-20,29H,15-18H2,1-6H3,(H,34,36). The average molecular weight is 520 g/mol. The summed E-state index contributed by atoms with van der Waals surface area (Å²) >= 11 is 6.09. The molecule has 0 bridgehead atoms. The van der Waals surface area contributed by atoms with Gasteiger partial charge in [-0.25, -0.2) is 0 Å². The van der Waals surface area contributed by atoms with Gasteiger partial charge in [-0.3, -0.25) is 9.59 Å². The minimum atomic E-state index is -0.177. The Labute approximate surface area is 226 Å². The van der Waals surface area contributed by atoms with Crippen LogP contribution in [0, 0.1) is 19.3 Å². The number of aryl methyl sites for hydroxylation is 2. The van der Waals surface area contributed by atoms with E-state index in [1.165, 1.54) is 12.5 Å². The minimum Gasteiger partial charge on any atom is -0.486 e. The molecule has 3 rings (SSSR count). The molecule has 3 aromatic rings. The van der Waals surface area contributed by atoms with E-state index < -0.39 is 0 Å². The van der Waals surface area contributed by atoms with Crippen LogP contribution in [0.4, 0.5) is 0 Å². The molecule has 0 saturated carbocycles. The molecule has 1 unspecified atom stereocenters. The molecule has 1 atom stereocenters. The van der Waals surface area contributed by atoms with Crippen molar-refractivity contribution in [1.29, 1.82) is 0 Å². The van der Waals surface area contributed by atoms with Gasteiger partial charge < -0.3 is 10.1 Å². The lowest BCUT2D eigenvalue weighted by Crippen LogP contribution is -2.25. The molecule has 196 valence electrons. The molecule has 4 nitrogen and oxygen atoms in total. The molecule has 0 heterocycles. The van der Waals surface area contributed by atoms with E-state index in [0.29, 0.717) is 18.5 Å². The lowest BCUT2D eigenvalue weighted by Gasteiger charge is -2.25. The van der Waals surface area contributed by atoms with Gasteiger partial charge >= 0.3 is 0 Å². The highest BCUT2D eigenvalue weighted by atomic mass is 35.5. The van der Waals surface area contributed by atoms with Gasteiger partial charge in [0, 0.05) is 23.6 Å². The molecule has 0 aliphatic heterocycles. The van der Waals surface area contributed by atoms with Crippen LogP contribution in [-0.4, -0.2) is 18.2 Å². The van der Waals surface area contributed by atoms with Crippen molar-refractivity contribution in [3.05, 3.63) is 87.9 Å². The maximum atomic E-state index is 12.4. The van der Waals surface area contributed by atoms with Crippen LogP contribution in [0.3, 0.4) is 0 Å². The van der Waals surface area contributed by atoms with E-state index in [0.717, 1.165) is 45.9 Å². The zero-order valence-corrected chi connectivity index (χ0v) is 23.5. The summed E-state index contributed by atoms with van der Waals surface area (Å²) in [5, 5.41) is 3.52. The molecule has 1 amide bonds. The SMILES string of the molecule is CC(=O)CCNC(=O)c1ccc(C(CCC(C)(C)C)Oc2cc(C)c(-c3ccc(Cl)cc3)c(C)c2)cc1. The number of hydrogen-bond acceptors (Lipinski definition) is 3. The maximum absolute atomic E-state index is 12.4. The molecule has 0 aromatic heterocycles. The Morgan fingerprint density at radius 1 is 0.946 bits per heavy atom. The highest BCUT2D eigenvalue weighted by Crippen LogP contribution is 2.35. The van der Waals surface area contributed by atoms with Gasteiger partial charge in [-0.15, -0.1) is 0 Å². The first-order valence-electron chi connectivity index (χ1n) is 12.8. The number of nitrogens with one attached hydrogen (secondary N) is 1. The van der Waals surface area contributed by atoms with E-state index in [2.05, 4.69) is 52.1 Å². The zero-order chi connectivity index (χ0) is 27.2. The summed E-state index contributed by atoms with van der Waals surface area (Å²) in [6.45, 7) is 12.8. The number of ether oxygens (including phenoxy) is 1. The molecule has 0 spiro atoms. The third-order valence-corrected chi connectivity index (χ3v) is 6.63. The molecule has 0 aliphatic carbocycles. The first kappa shape index (κ1) is 28.5. The van der Waals surface area contributed by atoms with E-state index in [9.17, 15) is 9.59 Å². The Hall–Kier alpha value is -3.11. The van der Waals surface area contributed by atoms with Crippen LogP contribution >= 0.6 is 11.6 Å². The van der Waals surface area contributed by atoms with Crippen molar-refractivity contribution >= 4 is 23.3 Å². The molecular formula is C32H38ClNO3. The molecule has 0 fully saturated rings. The number of rotatable bonds is 10. The quantitative estimate of drug-likeness (QED) is 0.293. The first-order chi connectivity index (χ1) is 17.4. The Morgan fingerprint density at radius 2 is 1.54 bits per heavy atom. The summed E-state index contributed by atoms with van der Waals surface area (Å²) in [6, 6.07) is 19.7. The van der Waals surface area contributed by atoms with Crippen molar-refractivity contribution in [2.75, 3.05) is 6.54 Å². The highest BCUT2D eigenvalue weighted by molar-refractivity contribution is 6.30. The largest absolute Gasteiger partial charge is 0.486 e. The fourth-order valence-corrected chi connectivity index (χ4v) is 4.51. The van der Waals surface area contributed by atoms with Crippen LogP contribution in [0.25, 0.3) is 11.1 Å². The van der Waals surface area contributed by atoms with E-state index in [4.69, 9.17) is 16.3 Å². The van der Waals surface area contributed by atoms with Crippen LogP contribution in [0.15, 0.2) is 60.7 Å². The van der Waals surface area contributed by atoms with E-state index in [-0.39, 0.29) is 23.2 Å². The average Bonchev–Trinajstić information content (AvgIpc) is 2.82. The molecule has 5 heteroatoms. The van der Waals surface area contributed by atoms with Crippen LogP contribution in [0.5, 0.6) is 5.75 Å². The van der Waals surface area contributed by atoms with Crippen LogP contribution in [0.2, 0.25) is 5.02 Å². The fraction of sp³-hybridized carbons (Fsp3) is 0.375. The second-order valence-electron chi connectivity index (χ2n) is 11.0. The predicted molar refractivity (Wildman–Crippen MR) is 152 cm³/mol. The molecule has 0 radical (unpaired) electrons. The number of ketones is 1. The highest BCUT2D eigenvalue weighted by Gasteiger charge is 2.20. The second kappa shape index (κ2) is 12.4. The zero-order valence-electron chi connectivity index (χ0n) is 22.8. The monoisotopic (exact) mass is 519 g/mol. The van der Waals surface area contributed by atoms with Crippen molar-refractivity contribution < 1.29 is 14.3 Å². The number of hydrogen-bond donors (Lipinski definition) is 1. The number of benzene rings is 3.